The quantitative estimate of drug-likeness (QED) is 0.897. The second-order valence-corrected chi connectivity index (χ2v) is 5.42. The highest BCUT2D eigenvalue weighted by Gasteiger charge is 2.14. The molecular formula is C15H17F2N3O3S. The molecule has 0 bridgehead atoms. The lowest BCUT2D eigenvalue weighted by Crippen LogP contribution is -2.03. The van der Waals surface area contributed by atoms with E-state index < -0.39 is 22.1 Å². The summed E-state index contributed by atoms with van der Waals surface area (Å²) in [6, 6.07) is 3.18. The Morgan fingerprint density at radius 3 is 2.38 bits per heavy atom. The molecule has 0 radical (unpaired) electrons. The topological polar surface area (TPSA) is 93.0 Å². The molecule has 9 heteroatoms. The van der Waals surface area contributed by atoms with Crippen LogP contribution in [0.4, 0.5) is 8.78 Å². The maximum atomic E-state index is 13.6. The van der Waals surface area contributed by atoms with E-state index in [0.717, 1.165) is 12.1 Å². The fraction of sp³-hybridized carbons (Fsp3) is 0.333. The molecule has 0 fully saturated rings. The van der Waals surface area contributed by atoms with Gasteiger partial charge in [-0.1, -0.05) is 20.8 Å². The Balaban J connectivity index is 0.000000648. The Kier molecular flexibility index (Phi) is 7.37. The number of aromatic nitrogens is 2. The largest absolute Gasteiger partial charge is 0.451 e. The van der Waals surface area contributed by atoms with Gasteiger partial charge in [-0.05, 0) is 18.1 Å². The van der Waals surface area contributed by atoms with Crippen molar-refractivity contribution in [2.24, 2.45) is 0 Å². The molecule has 6 nitrogen and oxygen atoms in total. The van der Waals surface area contributed by atoms with Crippen molar-refractivity contribution < 1.29 is 21.9 Å². The standard InChI is InChI=1S/C15H16F2N2O.HNO2S/c1-4-14-18-8-13(15(19-14)9(2)3)20-12-6-5-10(16)7-11(12)17;1-4(2)3/h5-9H,4H2,1-3H3;1H. The second-order valence-electron chi connectivity index (χ2n) is 4.96. The molecule has 0 saturated carbocycles. The summed E-state index contributed by atoms with van der Waals surface area (Å²) in [5.41, 5.74) is 0.709. The molecule has 1 heterocycles. The summed E-state index contributed by atoms with van der Waals surface area (Å²) in [4.78, 5) is 8.55. The van der Waals surface area contributed by atoms with Crippen molar-refractivity contribution in [3.8, 4) is 11.5 Å². The Morgan fingerprint density at radius 2 is 1.88 bits per heavy atom. The van der Waals surface area contributed by atoms with E-state index in [1.54, 1.807) is 0 Å². The van der Waals surface area contributed by atoms with Crippen LogP contribution in [0.1, 0.15) is 38.2 Å². The van der Waals surface area contributed by atoms with Gasteiger partial charge in [0, 0.05) is 12.5 Å². The second kappa shape index (κ2) is 9.02. The lowest BCUT2D eigenvalue weighted by Gasteiger charge is -2.13. The molecule has 0 unspecified atom stereocenters. The zero-order valence-corrected chi connectivity index (χ0v) is 14.2. The van der Waals surface area contributed by atoms with Gasteiger partial charge in [0.05, 0.1) is 11.9 Å². The summed E-state index contributed by atoms with van der Waals surface area (Å²) in [5, 5.41) is 0. The minimum Gasteiger partial charge on any atom is -0.451 e. The summed E-state index contributed by atoms with van der Waals surface area (Å²) in [7, 11) is -2.61. The van der Waals surface area contributed by atoms with E-state index in [9.17, 15) is 8.78 Å². The molecule has 0 spiro atoms. The molecule has 24 heavy (non-hydrogen) atoms. The van der Waals surface area contributed by atoms with Crippen molar-refractivity contribution in [1.29, 1.82) is 4.78 Å². The molecule has 130 valence electrons. The van der Waals surface area contributed by atoms with Gasteiger partial charge in [-0.3, -0.25) is 0 Å². The minimum absolute atomic E-state index is 0.0406. The third kappa shape index (κ3) is 5.99. The fourth-order valence-electron chi connectivity index (χ4n) is 1.76. The van der Waals surface area contributed by atoms with Crippen molar-refractivity contribution in [1.82, 2.24) is 9.97 Å². The molecule has 1 aromatic heterocycles. The first-order valence-corrected chi connectivity index (χ1v) is 8.11. The van der Waals surface area contributed by atoms with Gasteiger partial charge in [0.1, 0.15) is 11.6 Å². The van der Waals surface area contributed by atoms with Gasteiger partial charge in [-0.25, -0.2) is 18.7 Å². The maximum absolute atomic E-state index is 13.6. The highest BCUT2D eigenvalue weighted by Crippen LogP contribution is 2.30. The summed E-state index contributed by atoms with van der Waals surface area (Å²) in [5.74, 6) is -0.220. The lowest BCUT2D eigenvalue weighted by atomic mass is 10.1. The molecule has 0 saturated heterocycles. The number of rotatable bonds is 4. The molecule has 0 aliphatic heterocycles. The minimum atomic E-state index is -2.61. The smallest absolute Gasteiger partial charge is 0.308 e. The van der Waals surface area contributed by atoms with E-state index in [1.165, 1.54) is 12.3 Å². The third-order valence-corrected chi connectivity index (χ3v) is 2.81. The highest BCUT2D eigenvalue weighted by molar-refractivity contribution is 7.60. The van der Waals surface area contributed by atoms with Crippen LogP contribution in [0, 0.1) is 16.4 Å². The number of ether oxygens (including phenoxy) is 1. The van der Waals surface area contributed by atoms with E-state index in [-0.39, 0.29) is 11.7 Å². The number of hydrogen-bond acceptors (Lipinski definition) is 6. The van der Waals surface area contributed by atoms with Crippen LogP contribution in [-0.2, 0) is 16.9 Å². The van der Waals surface area contributed by atoms with E-state index >= 15 is 0 Å². The average molecular weight is 357 g/mol. The van der Waals surface area contributed by atoms with E-state index in [1.807, 2.05) is 20.8 Å². The zero-order valence-electron chi connectivity index (χ0n) is 13.4. The number of nitrogens with zero attached hydrogens (tertiary/aromatic N) is 2. The van der Waals surface area contributed by atoms with Crippen LogP contribution in [0.5, 0.6) is 11.5 Å². The SMILES string of the molecule is CCc1ncc(Oc2ccc(F)cc2F)c(C(C)C)n1.N=S(=O)=O. The summed E-state index contributed by atoms with van der Waals surface area (Å²) >= 11 is 0. The fourth-order valence-corrected chi connectivity index (χ4v) is 1.76. The van der Waals surface area contributed by atoms with Crippen molar-refractivity contribution in [2.45, 2.75) is 33.1 Å². The van der Waals surface area contributed by atoms with Gasteiger partial charge in [-0.15, -0.1) is 0 Å². The molecular weight excluding hydrogens is 340 g/mol. The van der Waals surface area contributed by atoms with Gasteiger partial charge < -0.3 is 4.74 Å². The van der Waals surface area contributed by atoms with Gasteiger partial charge in [-0.2, -0.15) is 13.2 Å². The van der Waals surface area contributed by atoms with Crippen LogP contribution >= 0.6 is 0 Å². The Labute approximate surface area is 140 Å². The molecule has 1 aromatic carbocycles. The molecule has 0 aliphatic rings. The monoisotopic (exact) mass is 357 g/mol. The highest BCUT2D eigenvalue weighted by atomic mass is 32.2. The van der Waals surface area contributed by atoms with Crippen LogP contribution in [0.3, 0.4) is 0 Å². The first kappa shape index (κ1) is 19.6. The van der Waals surface area contributed by atoms with Crippen LogP contribution in [0.2, 0.25) is 0 Å². The molecule has 0 atom stereocenters. The zero-order chi connectivity index (χ0) is 18.3. The number of halogens is 2. The maximum Gasteiger partial charge on any atom is 0.308 e. The van der Waals surface area contributed by atoms with Crippen LogP contribution in [0.15, 0.2) is 24.4 Å². The van der Waals surface area contributed by atoms with Crippen LogP contribution in [-0.4, -0.2) is 18.4 Å². The molecule has 2 rings (SSSR count). The predicted molar refractivity (Wildman–Crippen MR) is 83.6 cm³/mol. The van der Waals surface area contributed by atoms with Crippen molar-refractivity contribution in [3.05, 3.63) is 47.5 Å². The Bertz CT molecular complexity index is 805. The van der Waals surface area contributed by atoms with Crippen LogP contribution in [0.25, 0.3) is 0 Å². The molecule has 2 aromatic rings. The summed E-state index contributed by atoms with van der Waals surface area (Å²) in [6.45, 7) is 5.89. The van der Waals surface area contributed by atoms with Gasteiger partial charge in [0.25, 0.3) is 0 Å². The normalized spacial score (nSPS) is 10.1. The number of hydrogen-bond donors (Lipinski definition) is 1. The first-order chi connectivity index (χ1) is 11.2. The van der Waals surface area contributed by atoms with Crippen molar-refractivity contribution in [3.63, 3.8) is 0 Å². The summed E-state index contributed by atoms with van der Waals surface area (Å²) in [6.07, 6.45) is 2.24. The van der Waals surface area contributed by atoms with Crippen LogP contribution < -0.4 is 4.74 Å². The molecule has 0 amide bonds. The summed E-state index contributed by atoms with van der Waals surface area (Å²) < 4.78 is 54.8. The van der Waals surface area contributed by atoms with E-state index in [4.69, 9.17) is 17.9 Å². The Morgan fingerprint density at radius 1 is 1.25 bits per heavy atom. The number of nitrogens with one attached hydrogen (secondary N) is 1. The Hall–Kier alpha value is -2.42. The number of aryl methyl sites for hydroxylation is 1. The van der Waals surface area contributed by atoms with Crippen molar-refractivity contribution >= 4 is 10.5 Å². The van der Waals surface area contributed by atoms with E-state index in [0.29, 0.717) is 23.7 Å². The average Bonchev–Trinajstić information content (AvgIpc) is 2.49. The predicted octanol–water partition coefficient (Wildman–Crippen LogP) is 3.86. The van der Waals surface area contributed by atoms with E-state index in [2.05, 4.69) is 9.97 Å². The van der Waals surface area contributed by atoms with Gasteiger partial charge in [0.2, 0.25) is 0 Å². The van der Waals surface area contributed by atoms with Gasteiger partial charge in [0.15, 0.2) is 17.3 Å². The first-order valence-electron chi connectivity index (χ1n) is 7.03. The number of benzene rings is 1. The lowest BCUT2D eigenvalue weighted by molar-refractivity contribution is 0.425. The molecule has 0 aliphatic carbocycles. The molecule has 1 N–H and O–H groups in total. The van der Waals surface area contributed by atoms with Crippen molar-refractivity contribution in [2.75, 3.05) is 0 Å². The van der Waals surface area contributed by atoms with Gasteiger partial charge >= 0.3 is 10.5 Å². The third-order valence-electron chi connectivity index (χ3n) is 2.81.